The Labute approximate surface area is 359 Å². The number of nitrogens with zero attached hydrogens (tertiary/aromatic N) is 7. The van der Waals surface area contributed by atoms with Gasteiger partial charge in [-0.3, -0.25) is 19.6 Å². The van der Waals surface area contributed by atoms with Crippen molar-refractivity contribution in [2.24, 2.45) is 51.2 Å². The van der Waals surface area contributed by atoms with Crippen LogP contribution in [-0.4, -0.2) is 80.8 Å². The minimum Gasteiger partial charge on any atom is -0.350 e. The molecule has 0 radical (unpaired) electrons. The molecule has 60 heavy (non-hydrogen) atoms. The van der Waals surface area contributed by atoms with Crippen molar-refractivity contribution >= 4 is 17.9 Å². The second-order valence-corrected chi connectivity index (χ2v) is 21.3. The van der Waals surface area contributed by atoms with Crippen LogP contribution < -0.4 is 5.32 Å². The number of likely N-dealkylation sites (N-methyl/N-ethyl adjacent to an activating group) is 2. The van der Waals surface area contributed by atoms with Crippen LogP contribution in [0.2, 0.25) is 0 Å². The molecule has 2 aromatic heterocycles. The zero-order chi connectivity index (χ0) is 42.8. The maximum absolute atomic E-state index is 14.9. The molecule has 8 rings (SSSR count). The molecule has 1 aromatic carbocycles. The van der Waals surface area contributed by atoms with Gasteiger partial charge in [-0.05, 0) is 136 Å². The lowest BCUT2D eigenvalue weighted by Gasteiger charge is -2.72. The van der Waals surface area contributed by atoms with Gasteiger partial charge in [0.2, 0.25) is 5.91 Å². The second-order valence-electron chi connectivity index (χ2n) is 21.3. The number of hydrogen-bond donors (Lipinski definition) is 1. The molecule has 0 saturated heterocycles. The summed E-state index contributed by atoms with van der Waals surface area (Å²) in [6, 6.07) is 9.92. The molecular formula is C50H70N8O2. The predicted molar refractivity (Wildman–Crippen MR) is 237 cm³/mol. The normalized spacial score (nSPS) is 34.1. The van der Waals surface area contributed by atoms with Crippen LogP contribution in [0.3, 0.4) is 0 Å². The molecule has 2 amide bonds. The van der Waals surface area contributed by atoms with E-state index >= 15 is 0 Å². The number of benzene rings is 1. The summed E-state index contributed by atoms with van der Waals surface area (Å²) in [6.45, 7) is 21.5. The number of carbonyl (C=O) groups excluding carboxylic acids is 2. The molecule has 5 aliphatic carbocycles. The highest BCUT2D eigenvalue weighted by Crippen LogP contribution is 2.77. The molecule has 0 aliphatic heterocycles. The van der Waals surface area contributed by atoms with Gasteiger partial charge >= 0.3 is 0 Å². The van der Waals surface area contributed by atoms with Crippen LogP contribution in [0.15, 0.2) is 66.6 Å². The first-order valence-corrected chi connectivity index (χ1v) is 22.7. The van der Waals surface area contributed by atoms with Crippen molar-refractivity contribution in [1.29, 1.82) is 0 Å². The Balaban J connectivity index is 1.01. The maximum atomic E-state index is 14.9. The summed E-state index contributed by atoms with van der Waals surface area (Å²) in [4.78, 5) is 42.3. The summed E-state index contributed by atoms with van der Waals surface area (Å²) in [7, 11) is 5.86. The summed E-state index contributed by atoms with van der Waals surface area (Å²) < 4.78 is 1.72. The lowest BCUT2D eigenvalue weighted by molar-refractivity contribution is -0.225. The fourth-order valence-corrected chi connectivity index (χ4v) is 14.5. The SMILES string of the molecule is C=C(C)[C@@H]1CC[C@]2(C(=O)NCc3cn(C/C(=C\c4ccccc4)C(=O)N(C)CCN(C)C)nn3)CC[C@]3(C)[C@H](CC[C@@H]4[C@@]5(C)Cc6nccnc6C(C)(C)[C@@H]5CC[C@]43C)[C@@H]12. The Bertz CT molecular complexity index is 2140. The molecule has 2 heterocycles. The minimum atomic E-state index is -0.426. The first kappa shape index (κ1) is 42.5. The van der Waals surface area contributed by atoms with Crippen molar-refractivity contribution in [3.63, 3.8) is 0 Å². The number of nitrogens with one attached hydrogen (secondary N) is 1. The first-order valence-electron chi connectivity index (χ1n) is 22.7. The average Bonchev–Trinajstić information content (AvgIpc) is 3.84. The van der Waals surface area contributed by atoms with Crippen molar-refractivity contribution in [1.82, 2.24) is 40.1 Å². The Morgan fingerprint density at radius 3 is 2.38 bits per heavy atom. The Morgan fingerprint density at radius 2 is 1.65 bits per heavy atom. The van der Waals surface area contributed by atoms with E-state index in [1.807, 2.05) is 76.1 Å². The van der Waals surface area contributed by atoms with E-state index in [1.165, 1.54) is 36.2 Å². The van der Waals surface area contributed by atoms with Crippen LogP contribution >= 0.6 is 0 Å². The van der Waals surface area contributed by atoms with Crippen molar-refractivity contribution < 1.29 is 9.59 Å². The smallest absolute Gasteiger partial charge is 0.251 e. The molecule has 0 bridgehead atoms. The third-order valence-electron chi connectivity index (χ3n) is 17.6. The van der Waals surface area contributed by atoms with E-state index < -0.39 is 5.41 Å². The number of rotatable bonds is 11. The lowest BCUT2D eigenvalue weighted by atomic mass is 9.32. The van der Waals surface area contributed by atoms with Gasteiger partial charge in [0.15, 0.2) is 0 Å². The maximum Gasteiger partial charge on any atom is 0.251 e. The molecule has 4 saturated carbocycles. The lowest BCUT2D eigenvalue weighted by Crippen LogP contribution is -2.67. The van der Waals surface area contributed by atoms with Gasteiger partial charge < -0.3 is 15.1 Å². The quantitative estimate of drug-likeness (QED) is 0.154. The molecule has 5 aliphatic rings. The van der Waals surface area contributed by atoms with Crippen LogP contribution in [-0.2, 0) is 34.5 Å². The highest BCUT2D eigenvalue weighted by molar-refractivity contribution is 5.97. The monoisotopic (exact) mass is 815 g/mol. The van der Waals surface area contributed by atoms with Gasteiger partial charge in [0.1, 0.15) is 5.69 Å². The number of fused-ring (bicyclic) bond motifs is 8. The van der Waals surface area contributed by atoms with Gasteiger partial charge in [-0.2, -0.15) is 0 Å². The molecule has 1 N–H and O–H groups in total. The van der Waals surface area contributed by atoms with Gasteiger partial charge in [-0.1, -0.05) is 82.3 Å². The molecule has 3 aromatic rings. The van der Waals surface area contributed by atoms with E-state index in [0.29, 0.717) is 48.0 Å². The van der Waals surface area contributed by atoms with Gasteiger partial charge in [-0.15, -0.1) is 5.10 Å². The van der Waals surface area contributed by atoms with E-state index in [9.17, 15) is 9.59 Å². The van der Waals surface area contributed by atoms with Gasteiger partial charge in [0, 0.05) is 43.5 Å². The van der Waals surface area contributed by atoms with Crippen LogP contribution in [0, 0.1) is 51.2 Å². The number of carbonyl (C=O) groups is 2. The predicted octanol–water partition coefficient (Wildman–Crippen LogP) is 8.16. The highest BCUT2D eigenvalue weighted by atomic mass is 16.2. The van der Waals surface area contributed by atoms with Crippen molar-refractivity contribution in [2.75, 3.05) is 34.2 Å². The molecule has 4 fully saturated rings. The summed E-state index contributed by atoms with van der Waals surface area (Å²) in [6.07, 6.45) is 17.3. The van der Waals surface area contributed by atoms with Crippen LogP contribution in [0.25, 0.3) is 6.08 Å². The third kappa shape index (κ3) is 6.87. The van der Waals surface area contributed by atoms with Crippen LogP contribution in [0.1, 0.15) is 116 Å². The van der Waals surface area contributed by atoms with Crippen LogP contribution in [0.5, 0.6) is 0 Å². The van der Waals surface area contributed by atoms with Gasteiger partial charge in [-0.25, -0.2) is 4.68 Å². The Hall–Kier alpha value is -4.18. The Morgan fingerprint density at radius 1 is 0.900 bits per heavy atom. The van der Waals surface area contributed by atoms with E-state index in [-0.39, 0.29) is 45.9 Å². The molecule has 0 unspecified atom stereocenters. The van der Waals surface area contributed by atoms with E-state index in [1.54, 1.807) is 9.58 Å². The second kappa shape index (κ2) is 15.6. The van der Waals surface area contributed by atoms with E-state index in [0.717, 1.165) is 50.6 Å². The fourth-order valence-electron chi connectivity index (χ4n) is 14.5. The number of aromatic nitrogens is 5. The summed E-state index contributed by atoms with van der Waals surface area (Å²) in [5.74, 6) is 2.34. The standard InChI is InChI=1S/C50H70N8O2/c1-33(2)37-18-21-50(45(60)53-30-36-32-58(55-54-36)31-35(28-34-14-12-11-13-15-34)44(59)57(10)27-26-56(8)9)23-22-48(6)38(42(37)50)16-17-41-47(5)29-39-43(52-25-24-51-39)46(3,4)40(47)19-20-49(41,48)7/h11-15,24-25,28,32,37-38,40-42H,1,16-23,26-27,29-31H2,2-10H3,(H,53,60)/b35-28+/t37-,38+,40-,41+,42+,47-,48+,49+,50-/m0/s1. The van der Waals surface area contributed by atoms with Crippen LogP contribution in [0.4, 0.5) is 0 Å². The topological polar surface area (TPSA) is 109 Å². The molecule has 10 nitrogen and oxygen atoms in total. The van der Waals surface area contributed by atoms with Gasteiger partial charge in [0.05, 0.1) is 36.1 Å². The summed E-state index contributed by atoms with van der Waals surface area (Å²) in [5.41, 5.74) is 5.91. The van der Waals surface area contributed by atoms with E-state index in [4.69, 9.17) is 9.97 Å². The zero-order valence-corrected chi connectivity index (χ0v) is 37.9. The number of amides is 2. The molecular weight excluding hydrogens is 745 g/mol. The van der Waals surface area contributed by atoms with Crippen molar-refractivity contribution in [2.45, 2.75) is 118 Å². The zero-order valence-electron chi connectivity index (χ0n) is 37.9. The minimum absolute atomic E-state index is 0.0155. The highest BCUT2D eigenvalue weighted by Gasteiger charge is 2.72. The molecule has 10 heteroatoms. The van der Waals surface area contributed by atoms with Crippen molar-refractivity contribution in [3.05, 3.63) is 89.3 Å². The largest absolute Gasteiger partial charge is 0.350 e. The Kier molecular flexibility index (Phi) is 11.1. The molecule has 9 atom stereocenters. The molecule has 322 valence electrons. The molecule has 0 spiro atoms. The average molecular weight is 815 g/mol. The number of allylic oxidation sites excluding steroid dienone is 1. The van der Waals surface area contributed by atoms with Gasteiger partial charge in [0.25, 0.3) is 5.91 Å². The fraction of sp³-hybridized carbons (Fsp3) is 0.640. The third-order valence-corrected chi connectivity index (χ3v) is 17.6. The summed E-state index contributed by atoms with van der Waals surface area (Å²) in [5, 5.41) is 12.3. The van der Waals surface area contributed by atoms with E-state index in [2.05, 4.69) is 68.7 Å². The summed E-state index contributed by atoms with van der Waals surface area (Å²) >= 11 is 0. The first-order chi connectivity index (χ1) is 28.4. The number of hydrogen-bond acceptors (Lipinski definition) is 7. The van der Waals surface area contributed by atoms with Crippen molar-refractivity contribution in [3.8, 4) is 0 Å².